The SMILES string of the molecule is COC(=O)c1c(-c2ccc(F)cc2)csc1NC(=O)CN1CCN(c2ncccn2)CC1. The van der Waals surface area contributed by atoms with E-state index in [0.717, 1.165) is 13.1 Å². The lowest BCUT2D eigenvalue weighted by Crippen LogP contribution is -2.49. The van der Waals surface area contributed by atoms with Crippen LogP contribution in [-0.4, -0.2) is 66.6 Å². The molecule has 10 heteroatoms. The van der Waals surface area contributed by atoms with Crippen molar-refractivity contribution in [1.29, 1.82) is 0 Å². The van der Waals surface area contributed by atoms with E-state index in [1.165, 1.54) is 30.6 Å². The van der Waals surface area contributed by atoms with E-state index in [1.54, 1.807) is 36.0 Å². The molecule has 0 saturated carbocycles. The van der Waals surface area contributed by atoms with Gasteiger partial charge in [-0.3, -0.25) is 9.69 Å². The molecule has 32 heavy (non-hydrogen) atoms. The van der Waals surface area contributed by atoms with Crippen molar-refractivity contribution in [3.05, 3.63) is 59.5 Å². The van der Waals surface area contributed by atoms with Gasteiger partial charge in [0.2, 0.25) is 11.9 Å². The maximum absolute atomic E-state index is 13.3. The van der Waals surface area contributed by atoms with Gasteiger partial charge < -0.3 is 15.0 Å². The number of nitrogens with zero attached hydrogens (tertiary/aromatic N) is 4. The van der Waals surface area contributed by atoms with Gasteiger partial charge in [0, 0.05) is 49.5 Å². The zero-order valence-electron chi connectivity index (χ0n) is 17.5. The van der Waals surface area contributed by atoms with Crippen LogP contribution < -0.4 is 10.2 Å². The second kappa shape index (κ2) is 9.84. The maximum atomic E-state index is 13.3. The third-order valence-corrected chi connectivity index (χ3v) is 6.06. The zero-order chi connectivity index (χ0) is 22.5. The zero-order valence-corrected chi connectivity index (χ0v) is 18.3. The smallest absolute Gasteiger partial charge is 0.341 e. The van der Waals surface area contributed by atoms with Gasteiger partial charge >= 0.3 is 5.97 Å². The fourth-order valence-corrected chi connectivity index (χ4v) is 4.50. The van der Waals surface area contributed by atoms with Crippen molar-refractivity contribution in [2.24, 2.45) is 0 Å². The minimum Gasteiger partial charge on any atom is -0.465 e. The fourth-order valence-electron chi connectivity index (χ4n) is 3.53. The molecule has 0 aliphatic carbocycles. The predicted molar refractivity (Wildman–Crippen MR) is 120 cm³/mol. The number of carbonyl (C=O) groups excluding carboxylic acids is 2. The van der Waals surface area contributed by atoms with Crippen molar-refractivity contribution in [3.63, 3.8) is 0 Å². The molecule has 1 aliphatic heterocycles. The van der Waals surface area contributed by atoms with Gasteiger partial charge in [0.15, 0.2) is 0 Å². The Bertz CT molecular complexity index is 1080. The van der Waals surface area contributed by atoms with E-state index in [2.05, 4.69) is 20.2 Å². The number of rotatable bonds is 6. The number of anilines is 2. The highest BCUT2D eigenvalue weighted by atomic mass is 32.1. The molecule has 1 aliphatic rings. The topological polar surface area (TPSA) is 87.7 Å². The Hall–Kier alpha value is -3.37. The number of benzene rings is 1. The normalized spacial score (nSPS) is 14.2. The summed E-state index contributed by atoms with van der Waals surface area (Å²) >= 11 is 1.24. The quantitative estimate of drug-likeness (QED) is 0.572. The average molecular weight is 456 g/mol. The predicted octanol–water partition coefficient (Wildman–Crippen LogP) is 2.89. The number of methoxy groups -OCH3 is 1. The van der Waals surface area contributed by atoms with Crippen molar-refractivity contribution in [3.8, 4) is 11.1 Å². The lowest BCUT2D eigenvalue weighted by molar-refractivity contribution is -0.117. The van der Waals surface area contributed by atoms with E-state index in [9.17, 15) is 14.0 Å². The molecule has 1 aromatic carbocycles. The molecule has 0 unspecified atom stereocenters. The van der Waals surface area contributed by atoms with Crippen molar-refractivity contribution in [1.82, 2.24) is 14.9 Å². The Kier molecular flexibility index (Phi) is 6.72. The Morgan fingerprint density at radius 3 is 2.47 bits per heavy atom. The first-order valence-corrected chi connectivity index (χ1v) is 10.9. The summed E-state index contributed by atoms with van der Waals surface area (Å²) in [7, 11) is 1.29. The van der Waals surface area contributed by atoms with Crippen LogP contribution in [0.5, 0.6) is 0 Å². The van der Waals surface area contributed by atoms with Crippen LogP contribution in [0.1, 0.15) is 10.4 Å². The van der Waals surface area contributed by atoms with Crippen molar-refractivity contribution in [2.75, 3.05) is 50.1 Å². The lowest BCUT2D eigenvalue weighted by atomic mass is 10.0. The maximum Gasteiger partial charge on any atom is 0.341 e. The van der Waals surface area contributed by atoms with Crippen LogP contribution in [0.15, 0.2) is 48.1 Å². The molecule has 8 nitrogen and oxygen atoms in total. The van der Waals surface area contributed by atoms with Crippen LogP contribution in [0.25, 0.3) is 11.1 Å². The van der Waals surface area contributed by atoms with Crippen LogP contribution in [0.2, 0.25) is 0 Å². The van der Waals surface area contributed by atoms with E-state index in [-0.39, 0.29) is 23.8 Å². The average Bonchev–Trinajstić information content (AvgIpc) is 3.23. The van der Waals surface area contributed by atoms with Gasteiger partial charge in [-0.25, -0.2) is 19.2 Å². The number of carbonyl (C=O) groups is 2. The van der Waals surface area contributed by atoms with Gasteiger partial charge in [-0.15, -0.1) is 11.3 Å². The summed E-state index contributed by atoms with van der Waals surface area (Å²) < 4.78 is 18.2. The van der Waals surface area contributed by atoms with Gasteiger partial charge in [-0.2, -0.15) is 0 Å². The Balaban J connectivity index is 1.41. The molecule has 0 radical (unpaired) electrons. The third kappa shape index (κ3) is 4.92. The number of piperazine rings is 1. The molecular weight excluding hydrogens is 433 g/mol. The number of hydrogen-bond acceptors (Lipinski definition) is 8. The summed E-state index contributed by atoms with van der Waals surface area (Å²) in [5.74, 6) is -0.452. The van der Waals surface area contributed by atoms with Crippen molar-refractivity contribution >= 4 is 34.2 Å². The highest BCUT2D eigenvalue weighted by Crippen LogP contribution is 2.36. The minimum absolute atomic E-state index is 0.202. The molecule has 3 aromatic rings. The number of hydrogen-bond donors (Lipinski definition) is 1. The van der Waals surface area contributed by atoms with E-state index in [1.807, 2.05) is 4.90 Å². The van der Waals surface area contributed by atoms with Crippen molar-refractivity contribution < 1.29 is 18.7 Å². The van der Waals surface area contributed by atoms with E-state index in [4.69, 9.17) is 4.74 Å². The van der Waals surface area contributed by atoms with E-state index >= 15 is 0 Å². The molecule has 0 atom stereocenters. The summed E-state index contributed by atoms with van der Waals surface area (Å²) in [6.07, 6.45) is 3.42. The number of halogens is 1. The third-order valence-electron chi connectivity index (χ3n) is 5.16. The Morgan fingerprint density at radius 1 is 1.12 bits per heavy atom. The van der Waals surface area contributed by atoms with Gasteiger partial charge in [-0.1, -0.05) is 12.1 Å². The summed E-state index contributed by atoms with van der Waals surface area (Å²) in [5.41, 5.74) is 1.53. The number of esters is 1. The van der Waals surface area contributed by atoms with Crippen LogP contribution in [0.3, 0.4) is 0 Å². The highest BCUT2D eigenvalue weighted by molar-refractivity contribution is 7.15. The Morgan fingerprint density at radius 2 is 1.81 bits per heavy atom. The number of thiophene rings is 1. The molecule has 1 amide bonds. The van der Waals surface area contributed by atoms with Crippen LogP contribution in [0.4, 0.5) is 15.3 Å². The van der Waals surface area contributed by atoms with E-state index < -0.39 is 5.97 Å². The lowest BCUT2D eigenvalue weighted by Gasteiger charge is -2.34. The second-order valence-corrected chi connectivity index (χ2v) is 8.09. The number of aromatic nitrogens is 2. The molecule has 1 N–H and O–H groups in total. The van der Waals surface area contributed by atoms with Crippen LogP contribution in [0, 0.1) is 5.82 Å². The summed E-state index contributed by atoms with van der Waals surface area (Å²) in [4.78, 5) is 37.8. The van der Waals surface area contributed by atoms with Gasteiger partial charge in [0.25, 0.3) is 0 Å². The number of amides is 1. The molecule has 0 bridgehead atoms. The van der Waals surface area contributed by atoms with Crippen LogP contribution in [-0.2, 0) is 9.53 Å². The molecular formula is C22H22FN5O3S. The van der Waals surface area contributed by atoms with E-state index in [0.29, 0.717) is 35.2 Å². The standard InChI is InChI=1S/C22H22FN5O3S/c1-31-21(30)19-17(15-3-5-16(23)6-4-15)14-32-20(19)26-18(29)13-27-9-11-28(12-10-27)22-24-7-2-8-25-22/h2-8,14H,9-13H2,1H3,(H,26,29). The van der Waals surface area contributed by atoms with Gasteiger partial charge in [-0.05, 0) is 23.8 Å². The monoisotopic (exact) mass is 455 g/mol. The van der Waals surface area contributed by atoms with Gasteiger partial charge in [0.1, 0.15) is 16.4 Å². The summed E-state index contributed by atoms with van der Waals surface area (Å²) in [6.45, 7) is 3.03. The highest BCUT2D eigenvalue weighted by Gasteiger charge is 2.24. The molecule has 4 rings (SSSR count). The molecule has 1 fully saturated rings. The van der Waals surface area contributed by atoms with Crippen LogP contribution >= 0.6 is 11.3 Å². The first-order chi connectivity index (χ1) is 15.5. The number of nitrogens with one attached hydrogen (secondary N) is 1. The largest absolute Gasteiger partial charge is 0.465 e. The summed E-state index contributed by atoms with van der Waals surface area (Å²) in [5, 5.41) is 5.01. The summed E-state index contributed by atoms with van der Waals surface area (Å²) in [6, 6.07) is 7.61. The minimum atomic E-state index is -0.558. The molecule has 0 spiro atoms. The fraction of sp³-hybridized carbons (Fsp3) is 0.273. The van der Waals surface area contributed by atoms with Gasteiger partial charge in [0.05, 0.1) is 13.7 Å². The first-order valence-electron chi connectivity index (χ1n) is 10.0. The second-order valence-electron chi connectivity index (χ2n) is 7.21. The van der Waals surface area contributed by atoms with Crippen molar-refractivity contribution in [2.45, 2.75) is 0 Å². The molecule has 166 valence electrons. The molecule has 1 saturated heterocycles. The number of ether oxygens (including phenoxy) is 1. The molecule has 3 heterocycles. The Labute approximate surface area is 188 Å². The first kappa shape index (κ1) is 21.8. The molecule has 2 aromatic heterocycles.